The van der Waals surface area contributed by atoms with Gasteiger partial charge in [-0.05, 0) is 46.6 Å². The van der Waals surface area contributed by atoms with Gasteiger partial charge in [-0.2, -0.15) is 0 Å². The molecule has 4 rings (SSSR count). The van der Waals surface area contributed by atoms with Gasteiger partial charge in [0.25, 0.3) is 5.91 Å². The molecule has 0 aliphatic carbocycles. The summed E-state index contributed by atoms with van der Waals surface area (Å²) in [5.74, 6) is 1.95. The zero-order valence-electron chi connectivity index (χ0n) is 16.4. The van der Waals surface area contributed by atoms with E-state index in [9.17, 15) is 4.79 Å². The van der Waals surface area contributed by atoms with Crippen LogP contribution in [0.4, 0.5) is 0 Å². The fourth-order valence-electron chi connectivity index (χ4n) is 3.72. The molecule has 0 saturated carbocycles. The second kappa shape index (κ2) is 7.10. The Bertz CT molecular complexity index is 1010. The standard InChI is InChI=1S/C20H22N6O2/c1-11-19(12(2)28-25-11)17-8-16(23-14(4)24-17)18-6-5-7-26(18)20(27)15-9-21-13(3)22-10-15/h8-10,18H,5-7H2,1-4H3/t18-/m1/s1. The average Bonchev–Trinajstić information content (AvgIpc) is 3.28. The summed E-state index contributed by atoms with van der Waals surface area (Å²) in [6.07, 6.45) is 4.95. The van der Waals surface area contributed by atoms with Gasteiger partial charge in [0.05, 0.1) is 34.3 Å². The highest BCUT2D eigenvalue weighted by atomic mass is 16.5. The average molecular weight is 378 g/mol. The van der Waals surface area contributed by atoms with Gasteiger partial charge in [0.15, 0.2) is 0 Å². The molecule has 3 aromatic rings. The van der Waals surface area contributed by atoms with Gasteiger partial charge in [-0.25, -0.2) is 19.9 Å². The van der Waals surface area contributed by atoms with Gasteiger partial charge in [0, 0.05) is 18.9 Å². The molecular weight excluding hydrogens is 356 g/mol. The molecule has 1 amide bonds. The van der Waals surface area contributed by atoms with Crippen molar-refractivity contribution in [3.8, 4) is 11.3 Å². The van der Waals surface area contributed by atoms with E-state index in [1.165, 1.54) is 0 Å². The van der Waals surface area contributed by atoms with E-state index < -0.39 is 0 Å². The predicted molar refractivity (Wildman–Crippen MR) is 102 cm³/mol. The van der Waals surface area contributed by atoms with Crippen molar-refractivity contribution in [3.05, 3.63) is 52.8 Å². The molecular formula is C20H22N6O2. The predicted octanol–water partition coefficient (Wildman–Crippen LogP) is 3.13. The minimum atomic E-state index is -0.102. The van der Waals surface area contributed by atoms with E-state index in [2.05, 4.69) is 25.1 Å². The van der Waals surface area contributed by atoms with Crippen LogP contribution in [0.15, 0.2) is 23.0 Å². The zero-order chi connectivity index (χ0) is 19.8. The van der Waals surface area contributed by atoms with Gasteiger partial charge < -0.3 is 9.42 Å². The summed E-state index contributed by atoms with van der Waals surface area (Å²) in [6, 6.07) is 1.84. The van der Waals surface area contributed by atoms with E-state index in [-0.39, 0.29) is 11.9 Å². The highest BCUT2D eigenvalue weighted by molar-refractivity contribution is 5.94. The first-order valence-electron chi connectivity index (χ1n) is 9.32. The Morgan fingerprint density at radius 1 is 1.11 bits per heavy atom. The smallest absolute Gasteiger partial charge is 0.257 e. The maximum Gasteiger partial charge on any atom is 0.257 e. The Balaban J connectivity index is 1.70. The van der Waals surface area contributed by atoms with Crippen molar-refractivity contribution in [1.29, 1.82) is 0 Å². The maximum absolute atomic E-state index is 13.0. The van der Waals surface area contributed by atoms with Crippen LogP contribution in [-0.4, -0.2) is 42.4 Å². The number of aryl methyl sites for hydroxylation is 4. The molecule has 0 spiro atoms. The van der Waals surface area contributed by atoms with Gasteiger partial charge in [-0.1, -0.05) is 5.16 Å². The van der Waals surface area contributed by atoms with Gasteiger partial charge in [0.1, 0.15) is 17.4 Å². The molecule has 1 atom stereocenters. The quantitative estimate of drug-likeness (QED) is 0.690. The van der Waals surface area contributed by atoms with Crippen molar-refractivity contribution in [2.75, 3.05) is 6.54 Å². The van der Waals surface area contributed by atoms with Crippen LogP contribution in [0.3, 0.4) is 0 Å². The number of carbonyl (C=O) groups excluding carboxylic acids is 1. The zero-order valence-corrected chi connectivity index (χ0v) is 16.4. The summed E-state index contributed by atoms with van der Waals surface area (Å²) in [5, 5.41) is 4.03. The molecule has 0 radical (unpaired) electrons. The first-order valence-corrected chi connectivity index (χ1v) is 9.32. The van der Waals surface area contributed by atoms with Gasteiger partial charge in [-0.15, -0.1) is 0 Å². The SMILES string of the molecule is Cc1ncc(C(=O)N2CCC[C@@H]2c2cc(-c3c(C)noc3C)nc(C)n2)cn1. The number of nitrogens with zero attached hydrogens (tertiary/aromatic N) is 6. The third-order valence-corrected chi connectivity index (χ3v) is 5.03. The fraction of sp³-hybridized carbons (Fsp3) is 0.400. The van der Waals surface area contributed by atoms with Crippen molar-refractivity contribution < 1.29 is 9.32 Å². The highest BCUT2D eigenvalue weighted by Gasteiger charge is 2.32. The molecule has 8 heteroatoms. The molecule has 28 heavy (non-hydrogen) atoms. The van der Waals surface area contributed by atoms with Crippen molar-refractivity contribution in [2.45, 2.75) is 46.6 Å². The molecule has 0 bridgehead atoms. The van der Waals surface area contributed by atoms with Crippen LogP contribution in [-0.2, 0) is 0 Å². The molecule has 0 aromatic carbocycles. The van der Waals surface area contributed by atoms with Gasteiger partial charge in [-0.3, -0.25) is 4.79 Å². The van der Waals surface area contributed by atoms with E-state index in [0.717, 1.165) is 41.2 Å². The number of likely N-dealkylation sites (tertiary alicyclic amines) is 1. The number of carbonyl (C=O) groups is 1. The van der Waals surface area contributed by atoms with Crippen LogP contribution < -0.4 is 0 Å². The van der Waals surface area contributed by atoms with Crippen LogP contribution in [0, 0.1) is 27.7 Å². The lowest BCUT2D eigenvalue weighted by molar-refractivity contribution is 0.0731. The van der Waals surface area contributed by atoms with E-state index >= 15 is 0 Å². The molecule has 8 nitrogen and oxygen atoms in total. The summed E-state index contributed by atoms with van der Waals surface area (Å²) in [7, 11) is 0. The second-order valence-corrected chi connectivity index (χ2v) is 7.10. The maximum atomic E-state index is 13.0. The van der Waals surface area contributed by atoms with Crippen molar-refractivity contribution in [3.63, 3.8) is 0 Å². The first kappa shape index (κ1) is 18.2. The minimum Gasteiger partial charge on any atom is -0.361 e. The Kier molecular flexibility index (Phi) is 4.62. The molecule has 0 unspecified atom stereocenters. The molecule has 4 heterocycles. The van der Waals surface area contributed by atoms with E-state index in [1.54, 1.807) is 19.3 Å². The Hall–Kier alpha value is -3.16. The van der Waals surface area contributed by atoms with Gasteiger partial charge >= 0.3 is 0 Å². The molecule has 1 aliphatic rings. The Morgan fingerprint density at radius 3 is 2.54 bits per heavy atom. The van der Waals surface area contributed by atoms with E-state index in [1.807, 2.05) is 31.7 Å². The second-order valence-electron chi connectivity index (χ2n) is 7.10. The summed E-state index contributed by atoms with van der Waals surface area (Å²) < 4.78 is 5.29. The molecule has 1 fully saturated rings. The lowest BCUT2D eigenvalue weighted by atomic mass is 10.1. The number of hydrogen-bond acceptors (Lipinski definition) is 7. The van der Waals surface area contributed by atoms with Crippen LogP contribution in [0.2, 0.25) is 0 Å². The molecule has 1 saturated heterocycles. The van der Waals surface area contributed by atoms with Crippen LogP contribution >= 0.6 is 0 Å². The summed E-state index contributed by atoms with van der Waals surface area (Å²) in [4.78, 5) is 32.4. The fourth-order valence-corrected chi connectivity index (χ4v) is 3.72. The number of rotatable bonds is 3. The topological polar surface area (TPSA) is 97.9 Å². The lowest BCUT2D eigenvalue weighted by Gasteiger charge is -2.24. The molecule has 3 aromatic heterocycles. The third-order valence-electron chi connectivity index (χ3n) is 5.03. The van der Waals surface area contributed by atoms with E-state index in [4.69, 9.17) is 4.52 Å². The molecule has 0 N–H and O–H groups in total. The number of aromatic nitrogens is 5. The van der Waals surface area contributed by atoms with E-state index in [0.29, 0.717) is 23.8 Å². The first-order chi connectivity index (χ1) is 13.4. The van der Waals surface area contributed by atoms with Crippen molar-refractivity contribution >= 4 is 5.91 Å². The molecule has 1 aliphatic heterocycles. The monoisotopic (exact) mass is 378 g/mol. The highest BCUT2D eigenvalue weighted by Crippen LogP contribution is 2.34. The van der Waals surface area contributed by atoms with Gasteiger partial charge in [0.2, 0.25) is 0 Å². The molecule has 144 valence electrons. The summed E-state index contributed by atoms with van der Waals surface area (Å²) in [6.45, 7) is 8.11. The van der Waals surface area contributed by atoms with Crippen LogP contribution in [0.5, 0.6) is 0 Å². The van der Waals surface area contributed by atoms with Crippen molar-refractivity contribution in [1.82, 2.24) is 30.0 Å². The Labute approximate surface area is 163 Å². The lowest BCUT2D eigenvalue weighted by Crippen LogP contribution is -2.31. The number of hydrogen-bond donors (Lipinski definition) is 0. The Morgan fingerprint density at radius 2 is 1.86 bits per heavy atom. The van der Waals surface area contributed by atoms with Crippen LogP contribution in [0.25, 0.3) is 11.3 Å². The normalized spacial score (nSPS) is 16.6. The summed E-state index contributed by atoms with van der Waals surface area (Å²) >= 11 is 0. The van der Waals surface area contributed by atoms with Crippen LogP contribution in [0.1, 0.15) is 58.0 Å². The third kappa shape index (κ3) is 3.26. The largest absolute Gasteiger partial charge is 0.361 e. The minimum absolute atomic E-state index is 0.0716. The van der Waals surface area contributed by atoms with Crippen molar-refractivity contribution in [2.24, 2.45) is 0 Å². The summed E-state index contributed by atoms with van der Waals surface area (Å²) in [5.41, 5.74) is 3.78. The number of amides is 1.